The molecule has 0 aliphatic carbocycles. The van der Waals surface area contributed by atoms with E-state index in [-0.39, 0.29) is 0 Å². The molecule has 4 heterocycles. The van der Waals surface area contributed by atoms with Gasteiger partial charge in [0, 0.05) is 18.5 Å². The Bertz CT molecular complexity index is 1070. The van der Waals surface area contributed by atoms with Crippen LogP contribution < -0.4 is 5.69 Å². The van der Waals surface area contributed by atoms with Crippen LogP contribution in [0.25, 0.3) is 17.2 Å². The van der Waals surface area contributed by atoms with Crippen LogP contribution in [0, 0.1) is 5.82 Å². The molecule has 0 unspecified atom stereocenters. The number of imidazole rings is 1. The second-order valence-electron chi connectivity index (χ2n) is 5.43. The highest BCUT2D eigenvalue weighted by atomic mass is 35.5. The average molecular weight is 356 g/mol. The number of hydrogen-bond acceptors (Lipinski definition) is 4. The van der Waals surface area contributed by atoms with E-state index in [2.05, 4.69) is 15.0 Å². The molecule has 0 atom stereocenters. The van der Waals surface area contributed by atoms with E-state index in [1.54, 1.807) is 24.4 Å². The topological polar surface area (TPSA) is 65.6 Å². The summed E-state index contributed by atoms with van der Waals surface area (Å²) in [4.78, 5) is 24.3. The first kappa shape index (κ1) is 15.5. The molecular formula is C17H11ClFN5O. The summed E-state index contributed by atoms with van der Waals surface area (Å²) >= 11 is 5.80. The van der Waals surface area contributed by atoms with Crippen molar-refractivity contribution in [1.82, 2.24) is 24.1 Å². The first-order chi connectivity index (χ1) is 12.1. The maximum atomic E-state index is 13.5. The van der Waals surface area contributed by atoms with Crippen LogP contribution in [0.4, 0.5) is 4.39 Å². The fraction of sp³-hybridized carbons (Fsp3) is 0.0588. The zero-order chi connectivity index (χ0) is 17.4. The SMILES string of the molecule is O=c1nc2n(Cc3ccc(Cl)nc3)cccc-2n1-c1cncc(F)c1. The lowest BCUT2D eigenvalue weighted by Crippen LogP contribution is -2.14. The molecule has 0 aromatic carbocycles. The lowest BCUT2D eigenvalue weighted by molar-refractivity contribution is 0.619. The van der Waals surface area contributed by atoms with Crippen LogP contribution in [0.15, 0.2) is 59.9 Å². The van der Waals surface area contributed by atoms with Crippen LogP contribution in [0.5, 0.6) is 0 Å². The molecule has 2 aromatic rings. The van der Waals surface area contributed by atoms with Crippen LogP contribution in [0.2, 0.25) is 5.15 Å². The molecule has 2 aliphatic heterocycles. The van der Waals surface area contributed by atoms with E-state index in [1.165, 1.54) is 16.8 Å². The molecule has 25 heavy (non-hydrogen) atoms. The van der Waals surface area contributed by atoms with Crippen molar-refractivity contribution in [1.29, 1.82) is 0 Å². The normalized spacial score (nSPS) is 11.1. The van der Waals surface area contributed by atoms with Crippen molar-refractivity contribution in [3.63, 3.8) is 0 Å². The Balaban J connectivity index is 1.79. The predicted molar refractivity (Wildman–Crippen MR) is 90.5 cm³/mol. The molecule has 124 valence electrons. The number of halogens is 2. The Hall–Kier alpha value is -3.06. The third-order valence-electron chi connectivity index (χ3n) is 3.75. The Labute approximate surface area is 146 Å². The minimum Gasteiger partial charge on any atom is -0.327 e. The zero-order valence-corrected chi connectivity index (χ0v) is 13.6. The third-order valence-corrected chi connectivity index (χ3v) is 3.97. The Kier molecular flexibility index (Phi) is 3.77. The van der Waals surface area contributed by atoms with E-state index in [0.717, 1.165) is 11.8 Å². The van der Waals surface area contributed by atoms with E-state index < -0.39 is 11.5 Å². The van der Waals surface area contributed by atoms with Gasteiger partial charge in [-0.25, -0.2) is 14.2 Å². The molecule has 2 aromatic heterocycles. The molecule has 0 radical (unpaired) electrons. The van der Waals surface area contributed by atoms with Gasteiger partial charge in [0.05, 0.1) is 30.3 Å². The van der Waals surface area contributed by atoms with E-state index in [4.69, 9.17) is 11.6 Å². The predicted octanol–water partition coefficient (Wildman–Crippen LogP) is 2.77. The molecule has 6 nitrogen and oxygen atoms in total. The van der Waals surface area contributed by atoms with Gasteiger partial charge in [-0.1, -0.05) is 17.7 Å². The van der Waals surface area contributed by atoms with Crippen LogP contribution in [0.1, 0.15) is 5.56 Å². The quantitative estimate of drug-likeness (QED) is 0.530. The number of fused-ring (bicyclic) bond motifs is 1. The van der Waals surface area contributed by atoms with E-state index in [9.17, 15) is 9.18 Å². The maximum absolute atomic E-state index is 13.5. The first-order valence-electron chi connectivity index (χ1n) is 7.41. The van der Waals surface area contributed by atoms with E-state index in [0.29, 0.717) is 28.9 Å². The highest BCUT2D eigenvalue weighted by Crippen LogP contribution is 2.22. The standard InChI is InChI=1S/C17H11ClFN5O/c18-15-4-3-11(7-21-15)10-23-5-1-2-14-16(23)22-17(25)24(14)13-6-12(19)8-20-9-13/h1-9H,10H2. The molecule has 0 amide bonds. The molecule has 4 rings (SSSR count). The van der Waals surface area contributed by atoms with Gasteiger partial charge in [-0.05, 0) is 23.8 Å². The van der Waals surface area contributed by atoms with Gasteiger partial charge in [0.2, 0.25) is 0 Å². The van der Waals surface area contributed by atoms with Crippen LogP contribution >= 0.6 is 11.6 Å². The summed E-state index contributed by atoms with van der Waals surface area (Å²) in [6.07, 6.45) is 5.99. The number of pyridine rings is 3. The molecule has 0 spiro atoms. The monoisotopic (exact) mass is 355 g/mol. The smallest absolute Gasteiger partial charge is 0.327 e. The van der Waals surface area contributed by atoms with Crippen LogP contribution in [-0.4, -0.2) is 24.1 Å². The fourth-order valence-corrected chi connectivity index (χ4v) is 2.78. The average Bonchev–Trinajstić information content (AvgIpc) is 2.94. The molecule has 2 aliphatic rings. The summed E-state index contributed by atoms with van der Waals surface area (Å²) in [7, 11) is 0. The second kappa shape index (κ2) is 6.10. The summed E-state index contributed by atoms with van der Waals surface area (Å²) in [5, 5.41) is 0.414. The molecule has 0 N–H and O–H groups in total. The number of nitrogens with zero attached hydrogens (tertiary/aromatic N) is 5. The first-order valence-corrected chi connectivity index (χ1v) is 7.79. The van der Waals surface area contributed by atoms with E-state index in [1.807, 2.05) is 16.8 Å². The summed E-state index contributed by atoms with van der Waals surface area (Å²) < 4.78 is 16.6. The van der Waals surface area contributed by atoms with Crippen molar-refractivity contribution in [3.05, 3.63) is 82.1 Å². The molecular weight excluding hydrogens is 345 g/mol. The van der Waals surface area contributed by atoms with Gasteiger partial charge in [-0.15, -0.1) is 0 Å². The summed E-state index contributed by atoms with van der Waals surface area (Å²) in [6, 6.07) is 8.36. The number of hydrogen-bond donors (Lipinski definition) is 0. The van der Waals surface area contributed by atoms with Crippen LogP contribution in [0.3, 0.4) is 0 Å². The number of rotatable bonds is 3. The minimum atomic E-state index is -0.519. The van der Waals surface area contributed by atoms with Crippen LogP contribution in [-0.2, 0) is 6.54 Å². The lowest BCUT2D eigenvalue weighted by Gasteiger charge is -2.12. The molecule has 0 fully saturated rings. The highest BCUT2D eigenvalue weighted by molar-refractivity contribution is 6.29. The van der Waals surface area contributed by atoms with Gasteiger partial charge in [0.25, 0.3) is 0 Å². The molecule has 0 saturated carbocycles. The lowest BCUT2D eigenvalue weighted by atomic mass is 10.2. The highest BCUT2D eigenvalue weighted by Gasteiger charge is 2.19. The Morgan fingerprint density at radius 2 is 2.04 bits per heavy atom. The van der Waals surface area contributed by atoms with Crippen molar-refractivity contribution < 1.29 is 4.39 Å². The maximum Gasteiger partial charge on any atom is 0.354 e. The van der Waals surface area contributed by atoms with E-state index >= 15 is 0 Å². The second-order valence-corrected chi connectivity index (χ2v) is 5.81. The van der Waals surface area contributed by atoms with Gasteiger partial charge in [-0.2, -0.15) is 4.98 Å². The molecule has 0 saturated heterocycles. The summed E-state index contributed by atoms with van der Waals surface area (Å²) in [6.45, 7) is 0.472. The van der Waals surface area contributed by atoms with Gasteiger partial charge in [0.1, 0.15) is 11.0 Å². The van der Waals surface area contributed by atoms with Gasteiger partial charge in [-0.3, -0.25) is 9.55 Å². The molecule has 8 heteroatoms. The van der Waals surface area contributed by atoms with Gasteiger partial charge < -0.3 is 4.57 Å². The zero-order valence-electron chi connectivity index (χ0n) is 12.8. The summed E-state index contributed by atoms with van der Waals surface area (Å²) in [5.41, 5.74) is 1.33. The molecule has 0 bridgehead atoms. The van der Waals surface area contributed by atoms with Crippen molar-refractivity contribution in [2.24, 2.45) is 0 Å². The fourth-order valence-electron chi connectivity index (χ4n) is 2.67. The largest absolute Gasteiger partial charge is 0.354 e. The Morgan fingerprint density at radius 1 is 1.16 bits per heavy atom. The third kappa shape index (κ3) is 2.89. The minimum absolute atomic E-state index is 0.332. The Morgan fingerprint density at radius 3 is 2.80 bits per heavy atom. The number of aromatic nitrogens is 5. The van der Waals surface area contributed by atoms with Crippen molar-refractivity contribution in [2.45, 2.75) is 6.54 Å². The van der Waals surface area contributed by atoms with Crippen molar-refractivity contribution in [2.75, 3.05) is 0 Å². The van der Waals surface area contributed by atoms with Crippen molar-refractivity contribution in [3.8, 4) is 17.2 Å². The van der Waals surface area contributed by atoms with Gasteiger partial charge in [0.15, 0.2) is 5.82 Å². The van der Waals surface area contributed by atoms with Crippen molar-refractivity contribution >= 4 is 11.6 Å². The summed E-state index contributed by atoms with van der Waals surface area (Å²) in [5.74, 6) is -0.0264. The van der Waals surface area contributed by atoms with Gasteiger partial charge >= 0.3 is 5.69 Å².